The van der Waals surface area contributed by atoms with E-state index in [0.717, 1.165) is 19.4 Å². The normalized spacial score (nSPS) is 19.6. The Labute approximate surface area is 117 Å². The number of anilines is 2. The van der Waals surface area contributed by atoms with Crippen molar-refractivity contribution in [2.24, 2.45) is 0 Å². The molecule has 1 amide bonds. The number of hydrogen-bond acceptors (Lipinski definition) is 4. The summed E-state index contributed by atoms with van der Waals surface area (Å²) in [5, 5.41) is 12.5. The Morgan fingerprint density at radius 3 is 3.05 bits per heavy atom. The maximum atomic E-state index is 11.9. The van der Waals surface area contributed by atoms with E-state index in [1.54, 1.807) is 18.2 Å². The molecule has 1 aromatic rings. The van der Waals surface area contributed by atoms with Gasteiger partial charge in [-0.1, -0.05) is 11.6 Å². The molecule has 0 radical (unpaired) electrons. The standard InChI is InChI=1S/C13H18ClN3O2/c14-11-4-3-9(6-12(11)15)16-13(19)7-17-5-1-2-10(17)8-18/h3-4,6,10,18H,1-2,5,7-8,15H2,(H,16,19). The number of amides is 1. The molecule has 1 atom stereocenters. The molecule has 1 aliphatic rings. The van der Waals surface area contributed by atoms with Gasteiger partial charge in [-0.05, 0) is 37.6 Å². The number of nitrogen functional groups attached to an aromatic ring is 1. The minimum Gasteiger partial charge on any atom is -0.397 e. The lowest BCUT2D eigenvalue weighted by molar-refractivity contribution is -0.117. The van der Waals surface area contributed by atoms with E-state index in [-0.39, 0.29) is 25.1 Å². The number of nitrogens with two attached hydrogens (primary N) is 1. The third kappa shape index (κ3) is 3.59. The molecule has 104 valence electrons. The van der Waals surface area contributed by atoms with Crippen molar-refractivity contribution in [1.29, 1.82) is 0 Å². The van der Waals surface area contributed by atoms with Gasteiger partial charge in [0.05, 0.1) is 23.9 Å². The predicted octanol–water partition coefficient (Wildman–Crippen LogP) is 1.32. The molecule has 1 fully saturated rings. The second kappa shape index (κ2) is 6.23. The zero-order valence-electron chi connectivity index (χ0n) is 10.6. The van der Waals surface area contributed by atoms with Crippen molar-refractivity contribution in [3.05, 3.63) is 23.2 Å². The number of aliphatic hydroxyl groups is 1. The Balaban J connectivity index is 1.92. The number of aliphatic hydroxyl groups excluding tert-OH is 1. The summed E-state index contributed by atoms with van der Waals surface area (Å²) in [5.41, 5.74) is 6.75. The van der Waals surface area contributed by atoms with Crippen LogP contribution in [0.3, 0.4) is 0 Å². The average molecular weight is 284 g/mol. The van der Waals surface area contributed by atoms with E-state index in [0.29, 0.717) is 16.4 Å². The number of likely N-dealkylation sites (tertiary alicyclic amines) is 1. The van der Waals surface area contributed by atoms with E-state index in [4.69, 9.17) is 17.3 Å². The lowest BCUT2D eigenvalue weighted by Gasteiger charge is -2.21. The summed E-state index contributed by atoms with van der Waals surface area (Å²) in [6.07, 6.45) is 1.96. The van der Waals surface area contributed by atoms with Crippen LogP contribution in [0.1, 0.15) is 12.8 Å². The van der Waals surface area contributed by atoms with Crippen molar-refractivity contribution in [2.45, 2.75) is 18.9 Å². The Morgan fingerprint density at radius 1 is 1.58 bits per heavy atom. The number of nitrogens with zero attached hydrogens (tertiary/aromatic N) is 1. The van der Waals surface area contributed by atoms with Crippen molar-refractivity contribution in [3.63, 3.8) is 0 Å². The van der Waals surface area contributed by atoms with Crippen LogP contribution in [-0.2, 0) is 4.79 Å². The Kier molecular flexibility index (Phi) is 4.63. The molecule has 0 aromatic heterocycles. The average Bonchev–Trinajstić information content (AvgIpc) is 2.81. The molecule has 1 aliphatic heterocycles. The SMILES string of the molecule is Nc1cc(NC(=O)CN2CCCC2CO)ccc1Cl. The summed E-state index contributed by atoms with van der Waals surface area (Å²) in [5.74, 6) is -0.109. The number of rotatable bonds is 4. The van der Waals surface area contributed by atoms with Gasteiger partial charge in [0, 0.05) is 11.7 Å². The van der Waals surface area contributed by atoms with Gasteiger partial charge in [-0.15, -0.1) is 0 Å². The van der Waals surface area contributed by atoms with Crippen LogP contribution in [0.5, 0.6) is 0 Å². The molecule has 0 saturated carbocycles. The van der Waals surface area contributed by atoms with Crippen LogP contribution < -0.4 is 11.1 Å². The van der Waals surface area contributed by atoms with Crippen LogP contribution >= 0.6 is 11.6 Å². The Hall–Kier alpha value is -1.30. The van der Waals surface area contributed by atoms with Crippen LogP contribution in [0, 0.1) is 0 Å². The molecule has 2 rings (SSSR count). The highest BCUT2D eigenvalue weighted by Crippen LogP contribution is 2.22. The van der Waals surface area contributed by atoms with E-state index in [9.17, 15) is 9.90 Å². The van der Waals surface area contributed by atoms with Crippen LogP contribution in [0.25, 0.3) is 0 Å². The van der Waals surface area contributed by atoms with Crippen LogP contribution in [0.15, 0.2) is 18.2 Å². The van der Waals surface area contributed by atoms with Crippen LogP contribution in [0.4, 0.5) is 11.4 Å². The second-order valence-corrected chi connectivity index (χ2v) is 5.14. The van der Waals surface area contributed by atoms with Crippen molar-refractivity contribution in [3.8, 4) is 0 Å². The van der Waals surface area contributed by atoms with E-state index in [1.165, 1.54) is 0 Å². The first-order valence-corrected chi connectivity index (χ1v) is 6.67. The molecule has 0 spiro atoms. The molecule has 0 aliphatic carbocycles. The van der Waals surface area contributed by atoms with Gasteiger partial charge in [-0.25, -0.2) is 0 Å². The van der Waals surface area contributed by atoms with Gasteiger partial charge < -0.3 is 16.2 Å². The highest BCUT2D eigenvalue weighted by Gasteiger charge is 2.25. The van der Waals surface area contributed by atoms with Gasteiger partial charge in [0.25, 0.3) is 0 Å². The van der Waals surface area contributed by atoms with Gasteiger partial charge in [0.2, 0.25) is 5.91 Å². The minimum atomic E-state index is -0.109. The fourth-order valence-electron chi connectivity index (χ4n) is 2.32. The largest absolute Gasteiger partial charge is 0.397 e. The van der Waals surface area contributed by atoms with Crippen molar-refractivity contribution >= 4 is 28.9 Å². The van der Waals surface area contributed by atoms with Gasteiger partial charge in [-0.2, -0.15) is 0 Å². The molecule has 1 saturated heterocycles. The molecule has 0 bridgehead atoms. The van der Waals surface area contributed by atoms with Crippen molar-refractivity contribution in [1.82, 2.24) is 4.90 Å². The maximum Gasteiger partial charge on any atom is 0.238 e. The van der Waals surface area contributed by atoms with Crippen molar-refractivity contribution < 1.29 is 9.90 Å². The summed E-state index contributed by atoms with van der Waals surface area (Å²) < 4.78 is 0. The number of benzene rings is 1. The Morgan fingerprint density at radius 2 is 2.37 bits per heavy atom. The fraction of sp³-hybridized carbons (Fsp3) is 0.462. The highest BCUT2D eigenvalue weighted by molar-refractivity contribution is 6.33. The third-order valence-corrected chi connectivity index (χ3v) is 3.68. The summed E-state index contributed by atoms with van der Waals surface area (Å²) in [6.45, 7) is 1.23. The maximum absolute atomic E-state index is 11.9. The summed E-state index contributed by atoms with van der Waals surface area (Å²) in [7, 11) is 0. The van der Waals surface area contributed by atoms with E-state index >= 15 is 0 Å². The molecule has 1 unspecified atom stereocenters. The molecular weight excluding hydrogens is 266 g/mol. The lowest BCUT2D eigenvalue weighted by Crippen LogP contribution is -2.38. The summed E-state index contributed by atoms with van der Waals surface area (Å²) in [6, 6.07) is 5.09. The predicted molar refractivity (Wildman–Crippen MR) is 76.2 cm³/mol. The molecule has 1 heterocycles. The summed E-state index contributed by atoms with van der Waals surface area (Å²) >= 11 is 5.82. The van der Waals surface area contributed by atoms with Gasteiger partial charge in [0.1, 0.15) is 0 Å². The molecule has 5 nitrogen and oxygen atoms in total. The molecule has 6 heteroatoms. The molecule has 4 N–H and O–H groups in total. The van der Waals surface area contributed by atoms with E-state index in [1.807, 2.05) is 4.90 Å². The zero-order chi connectivity index (χ0) is 13.8. The molecular formula is C13H18ClN3O2. The zero-order valence-corrected chi connectivity index (χ0v) is 11.4. The van der Waals surface area contributed by atoms with Gasteiger partial charge in [0.15, 0.2) is 0 Å². The third-order valence-electron chi connectivity index (χ3n) is 3.34. The van der Waals surface area contributed by atoms with Crippen LogP contribution in [0.2, 0.25) is 5.02 Å². The first-order valence-electron chi connectivity index (χ1n) is 6.30. The lowest BCUT2D eigenvalue weighted by atomic mass is 10.2. The number of carbonyl (C=O) groups excluding carboxylic acids is 1. The molecule has 1 aromatic carbocycles. The van der Waals surface area contributed by atoms with Crippen molar-refractivity contribution in [2.75, 3.05) is 30.7 Å². The Bertz CT molecular complexity index is 467. The van der Waals surface area contributed by atoms with Crippen LogP contribution in [-0.4, -0.2) is 41.7 Å². The first kappa shape index (κ1) is 14.1. The van der Waals surface area contributed by atoms with Gasteiger partial charge >= 0.3 is 0 Å². The van der Waals surface area contributed by atoms with E-state index < -0.39 is 0 Å². The summed E-state index contributed by atoms with van der Waals surface area (Å²) in [4.78, 5) is 13.9. The number of halogens is 1. The number of carbonyl (C=O) groups is 1. The second-order valence-electron chi connectivity index (χ2n) is 4.73. The minimum absolute atomic E-state index is 0.0982. The first-order chi connectivity index (χ1) is 9.10. The monoisotopic (exact) mass is 283 g/mol. The fourth-order valence-corrected chi connectivity index (χ4v) is 2.43. The highest BCUT2D eigenvalue weighted by atomic mass is 35.5. The number of nitrogens with one attached hydrogen (secondary N) is 1. The molecule has 19 heavy (non-hydrogen) atoms. The quantitative estimate of drug-likeness (QED) is 0.728. The number of hydrogen-bond donors (Lipinski definition) is 3. The smallest absolute Gasteiger partial charge is 0.238 e. The van der Waals surface area contributed by atoms with Gasteiger partial charge in [-0.3, -0.25) is 9.69 Å². The van der Waals surface area contributed by atoms with E-state index in [2.05, 4.69) is 5.32 Å². The topological polar surface area (TPSA) is 78.6 Å².